The molecule has 0 aromatic heterocycles. The fourth-order valence-electron chi connectivity index (χ4n) is 3.72. The summed E-state index contributed by atoms with van der Waals surface area (Å²) in [5.41, 5.74) is 3.75. The van der Waals surface area contributed by atoms with Crippen LogP contribution in [0.25, 0.3) is 5.57 Å². The Morgan fingerprint density at radius 1 is 1.21 bits per heavy atom. The molecule has 1 aromatic rings. The van der Waals surface area contributed by atoms with Crippen molar-refractivity contribution in [1.29, 1.82) is 0 Å². The SMILES string of the molecule is CCOC(=O)C12CCCC1=C(c1ccccc1)CC2. The molecule has 0 N–H and O–H groups in total. The predicted octanol–water partition coefficient (Wildman–Crippen LogP) is 3.97. The Labute approximate surface area is 114 Å². The largest absolute Gasteiger partial charge is 0.465 e. The van der Waals surface area contributed by atoms with Crippen LogP contribution in [0.2, 0.25) is 0 Å². The molecule has 0 heterocycles. The van der Waals surface area contributed by atoms with Gasteiger partial charge in [-0.1, -0.05) is 30.3 Å². The average Bonchev–Trinajstić information content (AvgIpc) is 2.99. The number of carbonyl (C=O) groups excluding carboxylic acids is 1. The maximum atomic E-state index is 12.4. The highest BCUT2D eigenvalue weighted by molar-refractivity contribution is 5.88. The number of hydrogen-bond donors (Lipinski definition) is 0. The van der Waals surface area contributed by atoms with Crippen LogP contribution in [-0.4, -0.2) is 12.6 Å². The highest BCUT2D eigenvalue weighted by Gasteiger charge is 2.50. The summed E-state index contributed by atoms with van der Waals surface area (Å²) < 4.78 is 5.34. The van der Waals surface area contributed by atoms with E-state index in [-0.39, 0.29) is 11.4 Å². The zero-order chi connectivity index (χ0) is 13.3. The van der Waals surface area contributed by atoms with Crippen LogP contribution in [0.1, 0.15) is 44.6 Å². The van der Waals surface area contributed by atoms with E-state index in [0.717, 1.165) is 32.1 Å². The first-order valence-electron chi connectivity index (χ1n) is 7.23. The maximum absolute atomic E-state index is 12.4. The van der Waals surface area contributed by atoms with Crippen molar-refractivity contribution < 1.29 is 9.53 Å². The number of benzene rings is 1. The minimum Gasteiger partial charge on any atom is -0.465 e. The van der Waals surface area contributed by atoms with Crippen LogP contribution in [0.3, 0.4) is 0 Å². The van der Waals surface area contributed by atoms with E-state index in [4.69, 9.17) is 4.74 Å². The van der Waals surface area contributed by atoms with Crippen LogP contribution in [0.5, 0.6) is 0 Å². The molecule has 100 valence electrons. The normalized spacial score (nSPS) is 25.5. The zero-order valence-corrected chi connectivity index (χ0v) is 11.4. The van der Waals surface area contributed by atoms with Gasteiger partial charge in [-0.05, 0) is 55.7 Å². The number of fused-ring (bicyclic) bond motifs is 1. The molecule has 2 nitrogen and oxygen atoms in total. The molecule has 0 amide bonds. The fourth-order valence-corrected chi connectivity index (χ4v) is 3.72. The standard InChI is InChI=1S/C17H20O2/c1-2-19-16(18)17-11-6-9-15(17)14(10-12-17)13-7-4-3-5-8-13/h3-5,7-8H,2,6,9-12H2,1H3. The summed E-state index contributed by atoms with van der Waals surface area (Å²) in [7, 11) is 0. The molecule has 19 heavy (non-hydrogen) atoms. The van der Waals surface area contributed by atoms with Crippen molar-refractivity contribution in [2.75, 3.05) is 6.61 Å². The Hall–Kier alpha value is -1.57. The predicted molar refractivity (Wildman–Crippen MR) is 75.5 cm³/mol. The summed E-state index contributed by atoms with van der Waals surface area (Å²) in [4.78, 5) is 12.4. The Bertz CT molecular complexity index is 515. The van der Waals surface area contributed by atoms with Gasteiger partial charge in [0.05, 0.1) is 12.0 Å². The first kappa shape index (κ1) is 12.5. The summed E-state index contributed by atoms with van der Waals surface area (Å²) >= 11 is 0. The highest BCUT2D eigenvalue weighted by atomic mass is 16.5. The van der Waals surface area contributed by atoms with Crippen LogP contribution < -0.4 is 0 Å². The Kier molecular flexibility index (Phi) is 3.17. The Morgan fingerprint density at radius 3 is 2.74 bits per heavy atom. The third-order valence-corrected chi connectivity index (χ3v) is 4.56. The molecule has 2 heteroatoms. The van der Waals surface area contributed by atoms with Crippen LogP contribution in [0.15, 0.2) is 35.9 Å². The van der Waals surface area contributed by atoms with Crippen molar-refractivity contribution in [1.82, 2.24) is 0 Å². The van der Waals surface area contributed by atoms with Crippen molar-refractivity contribution in [2.24, 2.45) is 5.41 Å². The van der Waals surface area contributed by atoms with Crippen LogP contribution in [0.4, 0.5) is 0 Å². The second-order valence-electron chi connectivity index (χ2n) is 5.48. The number of rotatable bonds is 3. The topological polar surface area (TPSA) is 26.3 Å². The molecule has 1 saturated carbocycles. The number of hydrogen-bond acceptors (Lipinski definition) is 2. The molecule has 1 aromatic carbocycles. The molecule has 0 bridgehead atoms. The van der Waals surface area contributed by atoms with E-state index in [1.165, 1.54) is 16.7 Å². The van der Waals surface area contributed by atoms with Gasteiger partial charge in [0, 0.05) is 0 Å². The van der Waals surface area contributed by atoms with Gasteiger partial charge in [-0.3, -0.25) is 4.79 Å². The van der Waals surface area contributed by atoms with Crippen LogP contribution >= 0.6 is 0 Å². The molecule has 1 atom stereocenters. The fraction of sp³-hybridized carbons (Fsp3) is 0.471. The number of allylic oxidation sites excluding steroid dienone is 1. The summed E-state index contributed by atoms with van der Waals surface area (Å²) in [6, 6.07) is 10.5. The van der Waals surface area contributed by atoms with Crippen molar-refractivity contribution >= 4 is 11.5 Å². The van der Waals surface area contributed by atoms with E-state index >= 15 is 0 Å². The van der Waals surface area contributed by atoms with Gasteiger partial charge in [0.15, 0.2) is 0 Å². The smallest absolute Gasteiger partial charge is 0.316 e. The summed E-state index contributed by atoms with van der Waals surface area (Å²) in [6.07, 6.45) is 5.09. The monoisotopic (exact) mass is 256 g/mol. The zero-order valence-electron chi connectivity index (χ0n) is 11.4. The first-order chi connectivity index (χ1) is 9.28. The molecule has 0 spiro atoms. The van der Waals surface area contributed by atoms with E-state index in [1.807, 2.05) is 13.0 Å². The summed E-state index contributed by atoms with van der Waals surface area (Å²) in [5.74, 6) is 0.00781. The lowest BCUT2D eigenvalue weighted by molar-refractivity contribution is -0.152. The van der Waals surface area contributed by atoms with Crippen LogP contribution in [-0.2, 0) is 9.53 Å². The number of carbonyl (C=O) groups is 1. The summed E-state index contributed by atoms with van der Waals surface area (Å²) in [5, 5.41) is 0. The van der Waals surface area contributed by atoms with E-state index < -0.39 is 0 Å². The van der Waals surface area contributed by atoms with Crippen molar-refractivity contribution in [2.45, 2.75) is 39.0 Å². The molecule has 0 radical (unpaired) electrons. The maximum Gasteiger partial charge on any atom is 0.316 e. The van der Waals surface area contributed by atoms with Gasteiger partial charge in [0.25, 0.3) is 0 Å². The Balaban J connectivity index is 2.01. The lowest BCUT2D eigenvalue weighted by atomic mass is 9.83. The van der Waals surface area contributed by atoms with Crippen molar-refractivity contribution in [3.63, 3.8) is 0 Å². The van der Waals surface area contributed by atoms with E-state index in [1.54, 1.807) is 0 Å². The van der Waals surface area contributed by atoms with Crippen molar-refractivity contribution in [3.8, 4) is 0 Å². The van der Waals surface area contributed by atoms with Gasteiger partial charge in [0.1, 0.15) is 0 Å². The number of ether oxygens (including phenoxy) is 1. The third kappa shape index (κ3) is 1.90. The van der Waals surface area contributed by atoms with Gasteiger partial charge in [-0.25, -0.2) is 0 Å². The van der Waals surface area contributed by atoms with Gasteiger partial charge >= 0.3 is 5.97 Å². The van der Waals surface area contributed by atoms with Gasteiger partial charge in [-0.15, -0.1) is 0 Å². The quantitative estimate of drug-likeness (QED) is 0.765. The number of esters is 1. The molecule has 1 unspecified atom stereocenters. The molecular formula is C17H20O2. The molecule has 3 rings (SSSR count). The molecule has 2 aliphatic carbocycles. The summed E-state index contributed by atoms with van der Waals surface area (Å²) in [6.45, 7) is 2.37. The third-order valence-electron chi connectivity index (χ3n) is 4.56. The van der Waals surface area contributed by atoms with Gasteiger partial charge < -0.3 is 4.74 Å². The van der Waals surface area contributed by atoms with E-state index in [0.29, 0.717) is 6.61 Å². The average molecular weight is 256 g/mol. The van der Waals surface area contributed by atoms with E-state index in [2.05, 4.69) is 24.3 Å². The van der Waals surface area contributed by atoms with Crippen LogP contribution in [0, 0.1) is 5.41 Å². The molecular weight excluding hydrogens is 236 g/mol. The first-order valence-corrected chi connectivity index (χ1v) is 7.23. The Morgan fingerprint density at radius 2 is 2.00 bits per heavy atom. The molecule has 0 aliphatic heterocycles. The second-order valence-corrected chi connectivity index (χ2v) is 5.48. The highest BCUT2D eigenvalue weighted by Crippen LogP contribution is 2.56. The lowest BCUT2D eigenvalue weighted by Gasteiger charge is -2.23. The van der Waals surface area contributed by atoms with Gasteiger partial charge in [0.2, 0.25) is 0 Å². The lowest BCUT2D eigenvalue weighted by Crippen LogP contribution is -2.29. The minimum absolute atomic E-state index is 0.00781. The minimum atomic E-state index is -0.290. The second kappa shape index (κ2) is 4.84. The van der Waals surface area contributed by atoms with E-state index in [9.17, 15) is 4.79 Å². The van der Waals surface area contributed by atoms with Crippen molar-refractivity contribution in [3.05, 3.63) is 41.5 Å². The molecule has 2 aliphatic rings. The molecule has 0 saturated heterocycles. The van der Waals surface area contributed by atoms with Gasteiger partial charge in [-0.2, -0.15) is 0 Å². The molecule has 1 fully saturated rings.